The molecule has 2 N–H and O–H groups in total. The molecule has 0 fully saturated rings. The molecule has 0 aliphatic heterocycles. The molecular weight excluding hydrogens is 292 g/mol. The molecule has 0 atom stereocenters. The number of hydrogen-bond donors (Lipinski definition) is 2. The van der Waals surface area contributed by atoms with E-state index in [0.29, 0.717) is 10.9 Å². The first-order chi connectivity index (χ1) is 11.1. The minimum absolute atomic E-state index is 0.150. The number of rotatable bonds is 0. The maximum absolute atomic E-state index is 13.0. The van der Waals surface area contributed by atoms with Crippen LogP contribution in [-0.2, 0) is 0 Å². The Morgan fingerprint density at radius 1 is 0.870 bits per heavy atom. The molecule has 0 aliphatic rings. The summed E-state index contributed by atoms with van der Waals surface area (Å²) in [4.78, 5) is 27.8. The van der Waals surface area contributed by atoms with E-state index in [1.54, 1.807) is 34.9 Å². The molecule has 0 saturated heterocycles. The Hall–Kier alpha value is -3.34. The summed E-state index contributed by atoms with van der Waals surface area (Å²) in [6.07, 6.45) is 1.80. The lowest BCUT2D eigenvalue weighted by atomic mass is 10.1. The number of phenols is 1. The van der Waals surface area contributed by atoms with Crippen LogP contribution in [0.3, 0.4) is 0 Å². The topological polar surface area (TPSA) is 74.6 Å². The molecule has 0 amide bonds. The molecule has 0 spiro atoms. The average Bonchev–Trinajstić information content (AvgIpc) is 2.87. The summed E-state index contributed by atoms with van der Waals surface area (Å²) in [5.74, 6) is 0.150. The van der Waals surface area contributed by atoms with Gasteiger partial charge in [-0.2, -0.15) is 0 Å². The van der Waals surface area contributed by atoms with Crippen LogP contribution in [0, 0.1) is 0 Å². The van der Waals surface area contributed by atoms with Crippen LogP contribution in [0.2, 0.25) is 0 Å². The van der Waals surface area contributed by atoms with E-state index >= 15 is 0 Å². The number of aromatic amines is 1. The molecule has 0 aliphatic carbocycles. The second-order valence-corrected chi connectivity index (χ2v) is 5.66. The summed E-state index contributed by atoms with van der Waals surface area (Å²) in [5.41, 5.74) is 1.86. The van der Waals surface area contributed by atoms with Crippen molar-refractivity contribution in [1.29, 1.82) is 0 Å². The summed E-state index contributed by atoms with van der Waals surface area (Å²) in [7, 11) is 0. The van der Waals surface area contributed by atoms with Crippen molar-refractivity contribution in [2.24, 2.45) is 0 Å². The highest BCUT2D eigenvalue weighted by atomic mass is 16.3. The second-order valence-electron chi connectivity index (χ2n) is 5.66. The molecule has 3 aromatic heterocycles. The normalized spacial score (nSPS) is 12.0. The van der Waals surface area contributed by atoms with E-state index in [1.165, 1.54) is 12.1 Å². The first-order valence-electron chi connectivity index (χ1n) is 7.19. The summed E-state index contributed by atoms with van der Waals surface area (Å²) in [5, 5.41) is 12.6. The molecule has 5 heteroatoms. The summed E-state index contributed by atoms with van der Waals surface area (Å²) in [6, 6.07) is 11.3. The third-order valence-electron chi connectivity index (χ3n) is 4.40. The molecule has 5 aromatic rings. The van der Waals surface area contributed by atoms with Gasteiger partial charge in [0.25, 0.3) is 5.56 Å². The van der Waals surface area contributed by atoms with Gasteiger partial charge in [-0.1, -0.05) is 0 Å². The van der Waals surface area contributed by atoms with Gasteiger partial charge in [0, 0.05) is 22.4 Å². The molecule has 0 radical (unpaired) electrons. The molecule has 0 saturated carbocycles. The number of nitrogens with one attached hydrogen (secondary N) is 1. The van der Waals surface area contributed by atoms with Crippen molar-refractivity contribution < 1.29 is 5.11 Å². The van der Waals surface area contributed by atoms with Crippen LogP contribution in [0.25, 0.3) is 38.1 Å². The first-order valence-corrected chi connectivity index (χ1v) is 7.19. The summed E-state index contributed by atoms with van der Waals surface area (Å²) >= 11 is 0. The number of nitrogens with zero attached hydrogens (tertiary/aromatic N) is 1. The van der Waals surface area contributed by atoms with Gasteiger partial charge in [0.2, 0.25) is 0 Å². The smallest absolute Gasteiger partial charge is 0.263 e. The number of aromatic nitrogens is 2. The van der Waals surface area contributed by atoms with E-state index in [2.05, 4.69) is 4.98 Å². The quantitative estimate of drug-likeness (QED) is 0.432. The fourth-order valence-electron chi connectivity index (χ4n) is 3.45. The van der Waals surface area contributed by atoms with Crippen LogP contribution in [0.4, 0.5) is 0 Å². The van der Waals surface area contributed by atoms with Gasteiger partial charge < -0.3 is 10.1 Å². The van der Waals surface area contributed by atoms with Crippen LogP contribution >= 0.6 is 0 Å². The molecule has 0 unspecified atom stereocenters. The first kappa shape index (κ1) is 12.2. The summed E-state index contributed by atoms with van der Waals surface area (Å²) < 4.78 is 1.61. The number of fused-ring (bicyclic) bond motifs is 5. The standard InChI is InChI=1S/C18H10N2O3/c21-9-1-3-11-14(8-9)18(23)20-15-4-2-10(22)7-13(15)12-5-6-19-16(11)17(12)20/h1-8,19,22H. The average molecular weight is 302 g/mol. The van der Waals surface area contributed by atoms with Crippen molar-refractivity contribution in [2.45, 2.75) is 0 Å². The second kappa shape index (κ2) is 3.89. The van der Waals surface area contributed by atoms with Gasteiger partial charge in [0.15, 0.2) is 5.43 Å². The Morgan fingerprint density at radius 3 is 2.61 bits per heavy atom. The predicted molar refractivity (Wildman–Crippen MR) is 89.7 cm³/mol. The molecule has 110 valence electrons. The fourth-order valence-corrected chi connectivity index (χ4v) is 3.45. The monoisotopic (exact) mass is 302 g/mol. The summed E-state index contributed by atoms with van der Waals surface area (Å²) in [6.45, 7) is 0. The fraction of sp³-hybridized carbons (Fsp3) is 0. The molecule has 3 heterocycles. The number of benzene rings is 2. The number of aromatic hydroxyl groups is 1. The SMILES string of the molecule is O=c1ccc2c(c1)c(=O)n1c3ccc(O)cc3c3cc[nH]c2c31. The Bertz CT molecular complexity index is 1360. The highest BCUT2D eigenvalue weighted by Gasteiger charge is 2.17. The van der Waals surface area contributed by atoms with Gasteiger partial charge in [-0.3, -0.25) is 14.0 Å². The highest BCUT2D eigenvalue weighted by Crippen LogP contribution is 2.33. The van der Waals surface area contributed by atoms with Gasteiger partial charge >= 0.3 is 0 Å². The van der Waals surface area contributed by atoms with E-state index in [-0.39, 0.29) is 16.7 Å². The van der Waals surface area contributed by atoms with Crippen molar-refractivity contribution in [1.82, 2.24) is 9.38 Å². The lowest BCUT2D eigenvalue weighted by Gasteiger charge is -2.05. The van der Waals surface area contributed by atoms with Crippen molar-refractivity contribution in [3.8, 4) is 5.75 Å². The van der Waals surface area contributed by atoms with Crippen LogP contribution in [0.1, 0.15) is 0 Å². The minimum Gasteiger partial charge on any atom is -0.508 e. The van der Waals surface area contributed by atoms with Crippen LogP contribution in [0.15, 0.2) is 58.3 Å². The zero-order valence-corrected chi connectivity index (χ0v) is 11.8. The number of H-pyrrole nitrogens is 1. The predicted octanol–water partition coefficient (Wildman–Crippen LogP) is 2.59. The third kappa shape index (κ3) is 1.41. The van der Waals surface area contributed by atoms with Gasteiger partial charge in [-0.25, -0.2) is 0 Å². The Balaban J connectivity index is 2.27. The van der Waals surface area contributed by atoms with Gasteiger partial charge in [0.05, 0.1) is 21.9 Å². The maximum Gasteiger partial charge on any atom is 0.263 e. The van der Waals surface area contributed by atoms with Crippen molar-refractivity contribution in [3.63, 3.8) is 0 Å². The molecule has 23 heavy (non-hydrogen) atoms. The van der Waals surface area contributed by atoms with Crippen LogP contribution in [-0.4, -0.2) is 14.5 Å². The van der Waals surface area contributed by atoms with E-state index < -0.39 is 0 Å². The van der Waals surface area contributed by atoms with Crippen LogP contribution in [0.5, 0.6) is 5.75 Å². The van der Waals surface area contributed by atoms with Gasteiger partial charge in [-0.15, -0.1) is 0 Å². The number of phenolic OH excluding ortho intramolecular Hbond substituents is 1. The Kier molecular flexibility index (Phi) is 2.07. The van der Waals surface area contributed by atoms with Crippen molar-refractivity contribution in [2.75, 3.05) is 0 Å². The van der Waals surface area contributed by atoms with E-state index in [1.807, 2.05) is 6.07 Å². The van der Waals surface area contributed by atoms with Gasteiger partial charge in [-0.05, 0) is 42.5 Å². The van der Waals surface area contributed by atoms with Gasteiger partial charge in [0.1, 0.15) is 5.75 Å². The minimum atomic E-state index is -0.226. The molecular formula is C18H10N2O3. The zero-order chi connectivity index (χ0) is 15.7. The molecule has 0 bridgehead atoms. The molecule has 2 aromatic carbocycles. The van der Waals surface area contributed by atoms with E-state index in [4.69, 9.17) is 0 Å². The lowest BCUT2D eigenvalue weighted by Crippen LogP contribution is -2.15. The zero-order valence-electron chi connectivity index (χ0n) is 11.8. The number of hydrogen-bond acceptors (Lipinski definition) is 3. The van der Waals surface area contributed by atoms with E-state index in [0.717, 1.165) is 27.2 Å². The lowest BCUT2D eigenvalue weighted by molar-refractivity contribution is 0.476. The van der Waals surface area contributed by atoms with Crippen LogP contribution < -0.4 is 11.0 Å². The number of pyridine rings is 2. The molecule has 5 nitrogen and oxygen atoms in total. The van der Waals surface area contributed by atoms with E-state index in [9.17, 15) is 14.7 Å². The van der Waals surface area contributed by atoms with Crippen molar-refractivity contribution in [3.05, 3.63) is 69.2 Å². The van der Waals surface area contributed by atoms with Crippen molar-refractivity contribution >= 4 is 38.1 Å². The highest BCUT2D eigenvalue weighted by molar-refractivity contribution is 6.18. The third-order valence-corrected chi connectivity index (χ3v) is 4.40. The Morgan fingerprint density at radius 2 is 1.74 bits per heavy atom. The largest absolute Gasteiger partial charge is 0.508 e. The molecule has 5 rings (SSSR count). The Labute approximate surface area is 128 Å². The maximum atomic E-state index is 13.0.